The molecule has 1 saturated heterocycles. The number of carbonyl (C=O) groups is 1. The van der Waals surface area contributed by atoms with Crippen molar-refractivity contribution in [1.29, 1.82) is 0 Å². The highest BCUT2D eigenvalue weighted by atomic mass is 32.1. The first-order valence-electron chi connectivity index (χ1n) is 9.20. The molecule has 3 rings (SSSR count). The quantitative estimate of drug-likeness (QED) is 0.811. The summed E-state index contributed by atoms with van der Waals surface area (Å²) in [6, 6.07) is 8.54. The van der Waals surface area contributed by atoms with E-state index in [9.17, 15) is 4.79 Å². The first-order chi connectivity index (χ1) is 12.6. The Hall–Kier alpha value is -1.76. The van der Waals surface area contributed by atoms with Crippen LogP contribution in [0.5, 0.6) is 0 Å². The average molecular weight is 374 g/mol. The van der Waals surface area contributed by atoms with Gasteiger partial charge in [-0.2, -0.15) is 0 Å². The van der Waals surface area contributed by atoms with Crippen molar-refractivity contribution in [3.8, 4) is 10.6 Å². The molecule has 140 valence electrons. The van der Waals surface area contributed by atoms with Crippen molar-refractivity contribution in [1.82, 2.24) is 15.2 Å². The monoisotopic (exact) mass is 373 g/mol. The fourth-order valence-corrected chi connectivity index (χ4v) is 3.70. The van der Waals surface area contributed by atoms with Crippen LogP contribution < -0.4 is 5.32 Å². The molecule has 0 spiro atoms. The Balaban J connectivity index is 1.61. The van der Waals surface area contributed by atoms with Crippen molar-refractivity contribution in [2.24, 2.45) is 5.92 Å². The maximum absolute atomic E-state index is 12.0. The fourth-order valence-electron chi connectivity index (χ4n) is 2.89. The minimum atomic E-state index is 0.0385. The number of ether oxygens (including phenoxy) is 1. The van der Waals surface area contributed by atoms with Crippen LogP contribution in [0.2, 0.25) is 0 Å². The van der Waals surface area contributed by atoms with Gasteiger partial charge >= 0.3 is 0 Å². The van der Waals surface area contributed by atoms with Gasteiger partial charge in [0.2, 0.25) is 5.91 Å². The van der Waals surface area contributed by atoms with E-state index in [4.69, 9.17) is 4.74 Å². The van der Waals surface area contributed by atoms with Gasteiger partial charge in [0.25, 0.3) is 0 Å². The molecule has 26 heavy (non-hydrogen) atoms. The van der Waals surface area contributed by atoms with E-state index in [0.717, 1.165) is 49.1 Å². The average Bonchev–Trinajstić information content (AvgIpc) is 3.09. The second kappa shape index (κ2) is 9.26. The molecule has 1 aliphatic heterocycles. The van der Waals surface area contributed by atoms with Crippen LogP contribution in [0, 0.1) is 5.92 Å². The van der Waals surface area contributed by atoms with Crippen molar-refractivity contribution in [3.63, 3.8) is 0 Å². The lowest BCUT2D eigenvalue weighted by molar-refractivity contribution is -0.120. The molecule has 0 aliphatic carbocycles. The van der Waals surface area contributed by atoms with E-state index in [0.29, 0.717) is 18.9 Å². The number of thiazole rings is 1. The van der Waals surface area contributed by atoms with Gasteiger partial charge in [0.15, 0.2) is 0 Å². The summed E-state index contributed by atoms with van der Waals surface area (Å²) in [5.74, 6) is 0.496. The molecule has 1 amide bonds. The number of amides is 1. The third-order valence-electron chi connectivity index (χ3n) is 4.28. The SMILES string of the molecule is CC(C)CNC(=O)Cc1csc(-c2cccc(CN3CCOCC3)c2)n1. The van der Waals surface area contributed by atoms with Crippen LogP contribution in [0.1, 0.15) is 25.1 Å². The van der Waals surface area contributed by atoms with E-state index in [1.54, 1.807) is 11.3 Å². The molecule has 0 radical (unpaired) electrons. The Morgan fingerprint density at radius 1 is 1.35 bits per heavy atom. The molecule has 1 fully saturated rings. The van der Waals surface area contributed by atoms with E-state index >= 15 is 0 Å². The second-order valence-corrected chi connectivity index (χ2v) is 7.97. The number of morpholine rings is 1. The minimum absolute atomic E-state index is 0.0385. The fraction of sp³-hybridized carbons (Fsp3) is 0.500. The zero-order valence-corrected chi connectivity index (χ0v) is 16.3. The van der Waals surface area contributed by atoms with Gasteiger partial charge in [0, 0.05) is 37.1 Å². The maximum atomic E-state index is 12.0. The maximum Gasteiger partial charge on any atom is 0.226 e. The number of hydrogen-bond donors (Lipinski definition) is 1. The summed E-state index contributed by atoms with van der Waals surface area (Å²) in [6.07, 6.45) is 0.344. The Morgan fingerprint density at radius 2 is 2.15 bits per heavy atom. The first kappa shape index (κ1) is 19.0. The number of aromatic nitrogens is 1. The van der Waals surface area contributed by atoms with Crippen molar-refractivity contribution in [2.75, 3.05) is 32.8 Å². The molecule has 0 bridgehead atoms. The third kappa shape index (κ3) is 5.62. The molecule has 5 nitrogen and oxygen atoms in total. The summed E-state index contributed by atoms with van der Waals surface area (Å²) in [5.41, 5.74) is 3.25. The van der Waals surface area contributed by atoms with Crippen LogP contribution in [0.3, 0.4) is 0 Å². The van der Waals surface area contributed by atoms with Gasteiger partial charge in [-0.15, -0.1) is 11.3 Å². The van der Waals surface area contributed by atoms with Crippen LogP contribution >= 0.6 is 11.3 Å². The van der Waals surface area contributed by atoms with Crippen molar-refractivity contribution in [3.05, 3.63) is 40.9 Å². The lowest BCUT2D eigenvalue weighted by atomic mass is 10.1. The van der Waals surface area contributed by atoms with Gasteiger partial charge in [-0.3, -0.25) is 9.69 Å². The summed E-state index contributed by atoms with van der Waals surface area (Å²) in [4.78, 5) is 19.0. The highest BCUT2D eigenvalue weighted by molar-refractivity contribution is 7.13. The highest BCUT2D eigenvalue weighted by Crippen LogP contribution is 2.25. The van der Waals surface area contributed by atoms with Gasteiger partial charge in [-0.05, 0) is 17.5 Å². The van der Waals surface area contributed by atoms with E-state index in [2.05, 4.69) is 53.3 Å². The summed E-state index contributed by atoms with van der Waals surface area (Å²) >= 11 is 1.60. The zero-order chi connectivity index (χ0) is 18.4. The predicted molar refractivity (Wildman–Crippen MR) is 105 cm³/mol. The van der Waals surface area contributed by atoms with E-state index < -0.39 is 0 Å². The van der Waals surface area contributed by atoms with Crippen LogP contribution in [0.4, 0.5) is 0 Å². The van der Waals surface area contributed by atoms with Crippen LogP contribution in [-0.4, -0.2) is 48.6 Å². The Morgan fingerprint density at radius 3 is 2.92 bits per heavy atom. The van der Waals surface area contributed by atoms with Gasteiger partial charge in [0.1, 0.15) is 5.01 Å². The van der Waals surface area contributed by atoms with E-state index in [1.807, 2.05) is 5.38 Å². The molecule has 2 heterocycles. The summed E-state index contributed by atoms with van der Waals surface area (Å²) in [5, 5.41) is 5.90. The summed E-state index contributed by atoms with van der Waals surface area (Å²) < 4.78 is 5.41. The third-order valence-corrected chi connectivity index (χ3v) is 5.22. The lowest BCUT2D eigenvalue weighted by Gasteiger charge is -2.26. The number of nitrogens with zero attached hydrogens (tertiary/aromatic N) is 2. The molecular formula is C20H27N3O2S. The summed E-state index contributed by atoms with van der Waals surface area (Å²) in [6.45, 7) is 9.42. The Labute approximate surface area is 159 Å². The smallest absolute Gasteiger partial charge is 0.226 e. The molecular weight excluding hydrogens is 346 g/mol. The standard InChI is InChI=1S/C20H27N3O2S/c1-15(2)12-21-19(24)11-18-14-26-20(22-18)17-5-3-4-16(10-17)13-23-6-8-25-9-7-23/h3-5,10,14-15H,6-9,11-13H2,1-2H3,(H,21,24). The van der Waals surface area contributed by atoms with E-state index in [-0.39, 0.29) is 5.91 Å². The Kier molecular flexibility index (Phi) is 6.77. The number of nitrogens with one attached hydrogen (secondary N) is 1. The van der Waals surface area contributed by atoms with Crippen LogP contribution in [-0.2, 0) is 22.5 Å². The number of carbonyl (C=O) groups excluding carboxylic acids is 1. The number of rotatable bonds is 7. The Bertz CT molecular complexity index is 723. The molecule has 1 N–H and O–H groups in total. The molecule has 1 aliphatic rings. The van der Waals surface area contributed by atoms with Crippen molar-refractivity contribution >= 4 is 17.2 Å². The molecule has 0 atom stereocenters. The van der Waals surface area contributed by atoms with Crippen molar-refractivity contribution in [2.45, 2.75) is 26.8 Å². The lowest BCUT2D eigenvalue weighted by Crippen LogP contribution is -2.35. The molecule has 1 aromatic carbocycles. The molecule has 1 aromatic heterocycles. The molecule has 0 unspecified atom stereocenters. The minimum Gasteiger partial charge on any atom is -0.379 e. The van der Waals surface area contributed by atoms with Gasteiger partial charge in [-0.25, -0.2) is 4.98 Å². The topological polar surface area (TPSA) is 54.5 Å². The zero-order valence-electron chi connectivity index (χ0n) is 15.5. The number of benzene rings is 1. The molecule has 6 heteroatoms. The van der Waals surface area contributed by atoms with Crippen LogP contribution in [0.25, 0.3) is 10.6 Å². The predicted octanol–water partition coefficient (Wildman–Crippen LogP) is 2.96. The molecule has 0 saturated carbocycles. The van der Waals surface area contributed by atoms with Crippen molar-refractivity contribution < 1.29 is 9.53 Å². The van der Waals surface area contributed by atoms with E-state index in [1.165, 1.54) is 5.56 Å². The first-order valence-corrected chi connectivity index (χ1v) is 10.1. The number of hydrogen-bond acceptors (Lipinski definition) is 5. The largest absolute Gasteiger partial charge is 0.379 e. The van der Waals surface area contributed by atoms with Gasteiger partial charge in [-0.1, -0.05) is 32.0 Å². The molecule has 2 aromatic rings. The normalized spacial score (nSPS) is 15.3. The highest BCUT2D eigenvalue weighted by Gasteiger charge is 2.13. The second-order valence-electron chi connectivity index (χ2n) is 7.11. The van der Waals surface area contributed by atoms with Crippen LogP contribution in [0.15, 0.2) is 29.6 Å². The summed E-state index contributed by atoms with van der Waals surface area (Å²) in [7, 11) is 0. The van der Waals surface area contributed by atoms with Gasteiger partial charge in [0.05, 0.1) is 25.3 Å². The van der Waals surface area contributed by atoms with Gasteiger partial charge < -0.3 is 10.1 Å².